The van der Waals surface area contributed by atoms with Crippen molar-refractivity contribution < 1.29 is 57.3 Å². The molecule has 0 unspecified atom stereocenters. The third kappa shape index (κ3) is 31.0. The number of nitrogens with one attached hydrogen (secondary N) is 3. The minimum Gasteiger partial charge on any atom is -0.461 e. The smallest absolute Gasteiger partial charge is 0.417 e. The summed E-state index contributed by atoms with van der Waals surface area (Å²) >= 11 is 0. The lowest BCUT2D eigenvalue weighted by atomic mass is 10.1. The van der Waals surface area contributed by atoms with Crippen molar-refractivity contribution in [1.29, 1.82) is 0 Å². The van der Waals surface area contributed by atoms with Crippen molar-refractivity contribution in [3.05, 3.63) is 137 Å². The molecular formula is C68H107N9O12. The molecule has 4 aromatic carbocycles. The third-order valence-corrected chi connectivity index (χ3v) is 11.0. The van der Waals surface area contributed by atoms with Crippen LogP contribution in [-0.2, 0) is 64.1 Å². The van der Waals surface area contributed by atoms with Gasteiger partial charge in [-0.3, -0.25) is 25.7 Å². The van der Waals surface area contributed by atoms with Gasteiger partial charge in [0, 0.05) is 71.7 Å². The topological polar surface area (TPSA) is 289 Å². The predicted molar refractivity (Wildman–Crippen MR) is 365 cm³/mol. The normalized spacial score (nSPS) is 9.00. The molecule has 7 N–H and O–H groups in total. The van der Waals surface area contributed by atoms with Gasteiger partial charge in [0.05, 0.1) is 26.4 Å². The fourth-order valence-corrected chi connectivity index (χ4v) is 7.44. The number of ether oxygens (including phenoxy) is 4. The molecule has 7 rings (SSSR count). The summed E-state index contributed by atoms with van der Waals surface area (Å²) in [6.07, 6.45) is 0.221. The van der Waals surface area contributed by atoms with E-state index in [2.05, 4.69) is 35.6 Å². The van der Waals surface area contributed by atoms with E-state index in [1.807, 2.05) is 235 Å². The molecule has 0 bridgehead atoms. The number of esters is 4. The van der Waals surface area contributed by atoms with Crippen LogP contribution < -0.4 is 28.0 Å². The van der Waals surface area contributed by atoms with Gasteiger partial charge in [0.15, 0.2) is 0 Å². The number of aryl methyl sites for hydroxylation is 6. The second-order valence-corrected chi connectivity index (χ2v) is 17.2. The highest BCUT2D eigenvalue weighted by Gasteiger charge is 2.20. The van der Waals surface area contributed by atoms with Crippen LogP contribution in [0.2, 0.25) is 0 Å². The number of hydrogen-bond acceptors (Lipinski definition) is 16. The number of para-hydroxylation sites is 4. The summed E-state index contributed by atoms with van der Waals surface area (Å²) in [6, 6.07) is 33.4. The van der Waals surface area contributed by atoms with Crippen molar-refractivity contribution >= 4 is 91.4 Å². The number of amides is 2. The average Bonchev–Trinajstić information content (AvgIpc) is 1.72. The van der Waals surface area contributed by atoms with Crippen LogP contribution >= 0.6 is 0 Å². The Morgan fingerprint density at radius 2 is 0.753 bits per heavy atom. The van der Waals surface area contributed by atoms with Gasteiger partial charge in [-0.25, -0.2) is 30.4 Å². The summed E-state index contributed by atoms with van der Waals surface area (Å²) in [6.45, 7) is 38.0. The van der Waals surface area contributed by atoms with Crippen molar-refractivity contribution in [2.24, 2.45) is 37.9 Å². The number of aromatic nitrogens is 3. The molecule has 0 atom stereocenters. The third-order valence-electron chi connectivity index (χ3n) is 11.0. The van der Waals surface area contributed by atoms with E-state index in [4.69, 9.17) is 16.4 Å². The Morgan fingerprint density at radius 3 is 1.04 bits per heavy atom. The highest BCUT2D eigenvalue weighted by molar-refractivity contribution is 6.33. The van der Waals surface area contributed by atoms with Crippen molar-refractivity contribution in [2.45, 2.75) is 152 Å². The van der Waals surface area contributed by atoms with Gasteiger partial charge in [-0.05, 0) is 123 Å². The number of carbonyl (C=O) groups is 8. The van der Waals surface area contributed by atoms with Crippen molar-refractivity contribution in [1.82, 2.24) is 24.6 Å². The first-order valence-electron chi connectivity index (χ1n) is 29.6. The van der Waals surface area contributed by atoms with Gasteiger partial charge in [0.25, 0.3) is 11.8 Å². The SMILES string of the molecule is C.CC.CC.CC.CC.CC(C)=NNC(=O)c1c(C)c2ccccc2n1C.CC(C)=O.CCOC(=O)C(=O)CC.CCOC(=O)C(=O)OCC.CCOC(=O)c1c(C)c2ccccc2n1C.Cc1c(C(=O)NN)n(C)c2ccccc12.NNc1ccccc1. The van der Waals surface area contributed by atoms with Gasteiger partial charge in [-0.2, -0.15) is 5.10 Å². The van der Waals surface area contributed by atoms with Crippen LogP contribution in [0.3, 0.4) is 0 Å². The number of rotatable bonds is 11. The highest BCUT2D eigenvalue weighted by Crippen LogP contribution is 2.26. The summed E-state index contributed by atoms with van der Waals surface area (Å²) in [7, 11) is 5.65. The number of anilines is 1. The first-order chi connectivity index (χ1) is 41.9. The quantitative estimate of drug-likeness (QED) is 0.0153. The molecule has 0 fully saturated rings. The predicted octanol–water partition coefficient (Wildman–Crippen LogP) is 13.3. The minimum absolute atomic E-state index is 0. The summed E-state index contributed by atoms with van der Waals surface area (Å²) in [4.78, 5) is 86.6. The molecule has 21 heteroatoms. The lowest BCUT2D eigenvalue weighted by Crippen LogP contribution is -2.31. The lowest BCUT2D eigenvalue weighted by Gasteiger charge is -2.04. The number of benzene rings is 4. The van der Waals surface area contributed by atoms with Crippen LogP contribution in [0.15, 0.2) is 108 Å². The zero-order valence-corrected chi connectivity index (χ0v) is 56.7. The highest BCUT2D eigenvalue weighted by atomic mass is 16.6. The Morgan fingerprint density at radius 1 is 0.449 bits per heavy atom. The number of hydrogen-bond donors (Lipinski definition) is 5. The van der Waals surface area contributed by atoms with E-state index in [1.165, 1.54) is 13.8 Å². The molecule has 7 aromatic rings. The van der Waals surface area contributed by atoms with Gasteiger partial charge in [-0.1, -0.05) is 143 Å². The fraction of sp³-hybridized carbons (Fsp3) is 0.426. The minimum atomic E-state index is -0.927. The van der Waals surface area contributed by atoms with E-state index in [0.29, 0.717) is 23.7 Å². The maximum absolute atomic E-state index is 12.1. The second kappa shape index (κ2) is 52.2. The van der Waals surface area contributed by atoms with Crippen LogP contribution in [0.1, 0.15) is 180 Å². The number of nitrogen functional groups attached to an aromatic ring is 2. The van der Waals surface area contributed by atoms with E-state index in [-0.39, 0.29) is 57.2 Å². The van der Waals surface area contributed by atoms with Crippen LogP contribution in [0.5, 0.6) is 0 Å². The Labute approximate surface area is 530 Å². The van der Waals surface area contributed by atoms with Gasteiger partial charge < -0.3 is 42.9 Å². The monoisotopic (exact) mass is 1240 g/mol. The van der Waals surface area contributed by atoms with Crippen LogP contribution in [0.4, 0.5) is 5.69 Å². The van der Waals surface area contributed by atoms with E-state index >= 15 is 0 Å². The Hall–Kier alpha value is -8.95. The molecule has 0 aliphatic heterocycles. The molecule has 0 saturated carbocycles. The Kier molecular flexibility index (Phi) is 52.1. The Balaban J connectivity index is -0.000000311. The van der Waals surface area contributed by atoms with Crippen molar-refractivity contribution in [2.75, 3.05) is 31.9 Å². The molecule has 0 saturated heterocycles. The van der Waals surface area contributed by atoms with Gasteiger partial charge in [0.1, 0.15) is 22.9 Å². The summed E-state index contributed by atoms with van der Waals surface area (Å²) in [5, 5.41) is 7.24. The average molecular weight is 1240 g/mol. The number of nitrogens with two attached hydrogens (primary N) is 2. The zero-order valence-electron chi connectivity index (χ0n) is 56.7. The Bertz CT molecular complexity index is 3070. The molecule has 0 aliphatic rings. The standard InChI is InChI=1S/C14H17N3O.C13H15NO2.C11H13N3O.C6H8N2.C6H10O4.C6H10O3.C3H6O.4C2H6.CH4/c1-9(2)15-16-14(18)13-10(3)11-7-5-6-8-12(11)17(13)4;1-4-16-13(15)12-9(2)10-7-5-6-8-11(10)14(12)3;1-7-8-5-3-4-6-9(8)14(2)10(7)11(15)13-12;7-8-6-4-2-1-3-5-6;1-3-9-5(7)6(8)10-4-2;1-3-5(7)6(8)9-4-2;1-3(2)4;4*1-2;/h5-8H,1-4H3,(H,16,18);5-8H,4H2,1-3H3;3-6H,12H2,1-2H3,(H,13,15);1-5,8H,7H2;3-4H2,1-2H3;3-4H2,1-2H3;1-2H3;4*1-2H3;1H4. The summed E-state index contributed by atoms with van der Waals surface area (Å²) in [5.41, 5.74) is 17.0. The van der Waals surface area contributed by atoms with E-state index < -0.39 is 23.7 Å². The molecule has 2 amide bonds. The van der Waals surface area contributed by atoms with Crippen LogP contribution in [0.25, 0.3) is 32.7 Å². The molecule has 3 heterocycles. The van der Waals surface area contributed by atoms with Crippen LogP contribution in [-0.4, -0.2) is 93.1 Å². The number of nitrogens with zero attached hydrogens (tertiary/aromatic N) is 4. The van der Waals surface area contributed by atoms with Crippen molar-refractivity contribution in [3.63, 3.8) is 0 Å². The lowest BCUT2D eigenvalue weighted by molar-refractivity contribution is -0.167. The maximum atomic E-state index is 12.1. The second-order valence-electron chi connectivity index (χ2n) is 17.2. The molecule has 0 spiro atoms. The number of hydrazone groups is 1. The summed E-state index contributed by atoms with van der Waals surface area (Å²) < 4.78 is 23.8. The first-order valence-corrected chi connectivity index (χ1v) is 29.6. The first kappa shape index (κ1) is 88.8. The number of fused-ring (bicyclic) bond motifs is 3. The van der Waals surface area contributed by atoms with E-state index in [9.17, 15) is 38.4 Å². The largest absolute Gasteiger partial charge is 0.461 e. The molecule has 0 aliphatic carbocycles. The van der Waals surface area contributed by atoms with E-state index in [0.717, 1.165) is 60.8 Å². The maximum Gasteiger partial charge on any atom is 0.417 e. The molecular weight excluding hydrogens is 1130 g/mol. The molecule has 89 heavy (non-hydrogen) atoms. The molecule has 496 valence electrons. The van der Waals surface area contributed by atoms with Crippen molar-refractivity contribution in [3.8, 4) is 0 Å². The summed E-state index contributed by atoms with van der Waals surface area (Å²) in [5.74, 6) is 6.70. The number of hydrazine groups is 2. The van der Waals surface area contributed by atoms with Crippen LogP contribution in [0, 0.1) is 20.8 Å². The number of Topliss-reactive ketones (excluding diaryl/α,β-unsaturated/α-hetero) is 2. The number of carbonyl (C=O) groups excluding carboxylic acids is 8. The van der Waals surface area contributed by atoms with Gasteiger partial charge >= 0.3 is 23.9 Å². The van der Waals surface area contributed by atoms with Gasteiger partial charge in [0.2, 0.25) is 5.78 Å². The molecule has 0 radical (unpaired) electrons. The molecule has 21 nitrogen and oxygen atoms in total. The zero-order chi connectivity index (χ0) is 68.6. The fourth-order valence-electron chi connectivity index (χ4n) is 7.44. The van der Waals surface area contributed by atoms with E-state index in [1.54, 1.807) is 27.7 Å². The molecule has 3 aromatic heterocycles. The number of ketones is 2. The van der Waals surface area contributed by atoms with Gasteiger partial charge in [-0.15, -0.1) is 0 Å².